The molecular weight excluding hydrogens is 380 g/mol. The van der Waals surface area contributed by atoms with Crippen LogP contribution in [-0.2, 0) is 16.1 Å². The summed E-state index contributed by atoms with van der Waals surface area (Å²) in [4.78, 5) is 26.8. The van der Waals surface area contributed by atoms with Crippen molar-refractivity contribution >= 4 is 16.9 Å². The zero-order valence-corrected chi connectivity index (χ0v) is 18.6. The van der Waals surface area contributed by atoms with Crippen molar-refractivity contribution in [3.05, 3.63) is 45.3 Å². The second-order valence-electron chi connectivity index (χ2n) is 8.59. The van der Waals surface area contributed by atoms with E-state index < -0.39 is 0 Å². The Hall–Kier alpha value is -2.18. The van der Waals surface area contributed by atoms with Gasteiger partial charge in [0.1, 0.15) is 5.58 Å². The SMILES string of the molecule is Cc1ccc2c(CN3CCC(C(=O)NCCCOC(C)C)CC3)cc(=O)oc2c1C. The summed E-state index contributed by atoms with van der Waals surface area (Å²) in [5.41, 5.74) is 3.51. The molecule has 30 heavy (non-hydrogen) atoms. The predicted octanol–water partition coefficient (Wildman–Crippen LogP) is 3.55. The zero-order valence-electron chi connectivity index (χ0n) is 18.6. The summed E-state index contributed by atoms with van der Waals surface area (Å²) in [7, 11) is 0. The van der Waals surface area contributed by atoms with Gasteiger partial charge in [-0.25, -0.2) is 4.79 Å². The quantitative estimate of drug-likeness (QED) is 0.528. The second-order valence-corrected chi connectivity index (χ2v) is 8.59. The highest BCUT2D eigenvalue weighted by Gasteiger charge is 2.25. The highest BCUT2D eigenvalue weighted by atomic mass is 16.5. The van der Waals surface area contributed by atoms with Crippen LogP contribution in [0.5, 0.6) is 0 Å². The smallest absolute Gasteiger partial charge is 0.336 e. The van der Waals surface area contributed by atoms with Crippen LogP contribution in [-0.4, -0.2) is 43.2 Å². The average molecular weight is 415 g/mol. The molecule has 1 fully saturated rings. The number of hydrogen-bond donors (Lipinski definition) is 1. The van der Waals surface area contributed by atoms with Crippen LogP contribution in [0.3, 0.4) is 0 Å². The number of piperidine rings is 1. The Morgan fingerprint density at radius 1 is 1.27 bits per heavy atom. The molecule has 6 nitrogen and oxygen atoms in total. The number of likely N-dealkylation sites (tertiary alicyclic amines) is 1. The first-order valence-electron chi connectivity index (χ1n) is 11.0. The summed E-state index contributed by atoms with van der Waals surface area (Å²) in [6, 6.07) is 5.72. The number of aryl methyl sites for hydroxylation is 2. The number of benzene rings is 1. The van der Waals surface area contributed by atoms with Gasteiger partial charge in [0.15, 0.2) is 0 Å². The fourth-order valence-electron chi connectivity index (χ4n) is 4.00. The van der Waals surface area contributed by atoms with E-state index in [9.17, 15) is 9.59 Å². The number of carbonyl (C=O) groups is 1. The lowest BCUT2D eigenvalue weighted by Crippen LogP contribution is -2.40. The summed E-state index contributed by atoms with van der Waals surface area (Å²) in [5.74, 6) is 0.214. The Bertz CT molecular complexity index is 927. The van der Waals surface area contributed by atoms with Crippen LogP contribution >= 0.6 is 0 Å². The lowest BCUT2D eigenvalue weighted by molar-refractivity contribution is -0.126. The molecule has 164 valence electrons. The molecule has 0 unspecified atom stereocenters. The molecule has 1 saturated heterocycles. The van der Waals surface area contributed by atoms with Gasteiger partial charge in [0, 0.05) is 37.1 Å². The molecule has 0 atom stereocenters. The number of hydrogen-bond acceptors (Lipinski definition) is 5. The Labute approximate surface area is 178 Å². The fourth-order valence-corrected chi connectivity index (χ4v) is 4.00. The molecule has 1 aromatic heterocycles. The van der Waals surface area contributed by atoms with Crippen LogP contribution in [0.1, 0.15) is 49.8 Å². The van der Waals surface area contributed by atoms with Crippen molar-refractivity contribution < 1.29 is 13.9 Å². The number of rotatable bonds is 8. The molecule has 0 bridgehead atoms. The molecule has 1 aliphatic heterocycles. The van der Waals surface area contributed by atoms with Crippen LogP contribution < -0.4 is 10.9 Å². The van der Waals surface area contributed by atoms with Crippen molar-refractivity contribution in [2.24, 2.45) is 5.92 Å². The summed E-state index contributed by atoms with van der Waals surface area (Å²) in [5, 5.41) is 4.04. The minimum Gasteiger partial charge on any atom is -0.422 e. The average Bonchev–Trinajstić information content (AvgIpc) is 2.71. The lowest BCUT2D eigenvalue weighted by Gasteiger charge is -2.31. The van der Waals surface area contributed by atoms with Gasteiger partial charge < -0.3 is 14.5 Å². The lowest BCUT2D eigenvalue weighted by atomic mass is 9.95. The number of carbonyl (C=O) groups excluding carboxylic acids is 1. The summed E-state index contributed by atoms with van der Waals surface area (Å²) >= 11 is 0. The molecule has 0 radical (unpaired) electrons. The van der Waals surface area contributed by atoms with E-state index in [2.05, 4.69) is 16.3 Å². The minimum atomic E-state index is -0.304. The highest BCUT2D eigenvalue weighted by molar-refractivity contribution is 5.84. The van der Waals surface area contributed by atoms with E-state index in [0.717, 1.165) is 54.4 Å². The van der Waals surface area contributed by atoms with E-state index >= 15 is 0 Å². The van der Waals surface area contributed by atoms with E-state index in [1.165, 1.54) is 0 Å². The van der Waals surface area contributed by atoms with Crippen LogP contribution in [0.2, 0.25) is 0 Å². The van der Waals surface area contributed by atoms with Crippen molar-refractivity contribution in [3.8, 4) is 0 Å². The Balaban J connectivity index is 1.53. The maximum Gasteiger partial charge on any atom is 0.336 e. The van der Waals surface area contributed by atoms with E-state index in [-0.39, 0.29) is 23.6 Å². The van der Waals surface area contributed by atoms with E-state index in [4.69, 9.17) is 9.15 Å². The zero-order chi connectivity index (χ0) is 21.7. The van der Waals surface area contributed by atoms with Gasteiger partial charge in [0.25, 0.3) is 0 Å². The number of nitrogens with one attached hydrogen (secondary N) is 1. The van der Waals surface area contributed by atoms with Crippen LogP contribution in [0.15, 0.2) is 27.4 Å². The van der Waals surface area contributed by atoms with Crippen LogP contribution in [0.4, 0.5) is 0 Å². The molecule has 1 aromatic carbocycles. The van der Waals surface area contributed by atoms with Crippen molar-refractivity contribution in [2.45, 2.75) is 59.6 Å². The van der Waals surface area contributed by atoms with Crippen LogP contribution in [0, 0.1) is 19.8 Å². The first kappa shape index (κ1) is 22.5. The molecule has 6 heteroatoms. The monoisotopic (exact) mass is 414 g/mol. The Morgan fingerprint density at radius 3 is 2.70 bits per heavy atom. The van der Waals surface area contributed by atoms with Crippen molar-refractivity contribution in [2.75, 3.05) is 26.2 Å². The van der Waals surface area contributed by atoms with Gasteiger partial charge in [-0.3, -0.25) is 9.69 Å². The molecule has 2 heterocycles. The van der Waals surface area contributed by atoms with E-state index in [1.807, 2.05) is 33.8 Å². The molecule has 0 aliphatic carbocycles. The summed E-state index contributed by atoms with van der Waals surface area (Å²) in [6.07, 6.45) is 2.74. The molecule has 1 amide bonds. The van der Waals surface area contributed by atoms with Gasteiger partial charge in [0.05, 0.1) is 6.10 Å². The molecule has 2 aromatic rings. The first-order chi connectivity index (χ1) is 14.3. The number of fused-ring (bicyclic) bond motifs is 1. The normalized spacial score (nSPS) is 15.8. The molecule has 1 aliphatic rings. The van der Waals surface area contributed by atoms with Crippen molar-refractivity contribution in [3.63, 3.8) is 0 Å². The van der Waals surface area contributed by atoms with Crippen molar-refractivity contribution in [1.82, 2.24) is 10.2 Å². The standard InChI is InChI=1S/C24H34N2O4/c1-16(2)29-13-5-10-25-24(28)19-8-11-26(12-9-19)15-20-14-22(27)30-23-18(4)17(3)6-7-21(20)23/h6-7,14,16,19H,5,8-13,15H2,1-4H3,(H,25,28). The molecule has 0 saturated carbocycles. The Morgan fingerprint density at radius 2 is 2.00 bits per heavy atom. The van der Waals surface area contributed by atoms with Gasteiger partial charge in [-0.05, 0) is 76.7 Å². The molecule has 0 spiro atoms. The first-order valence-corrected chi connectivity index (χ1v) is 11.0. The van der Waals surface area contributed by atoms with Crippen molar-refractivity contribution in [1.29, 1.82) is 0 Å². The van der Waals surface area contributed by atoms with Gasteiger partial charge >= 0.3 is 5.63 Å². The summed E-state index contributed by atoms with van der Waals surface area (Å²) in [6.45, 7) is 11.8. The third-order valence-corrected chi connectivity index (χ3v) is 5.94. The molecule has 3 rings (SSSR count). The third kappa shape index (κ3) is 5.70. The van der Waals surface area contributed by atoms with Gasteiger partial charge in [-0.2, -0.15) is 0 Å². The Kier molecular flexibility index (Phi) is 7.67. The van der Waals surface area contributed by atoms with Crippen LogP contribution in [0.25, 0.3) is 11.0 Å². The van der Waals surface area contributed by atoms with Gasteiger partial charge in [0.2, 0.25) is 5.91 Å². The summed E-state index contributed by atoms with van der Waals surface area (Å²) < 4.78 is 11.0. The topological polar surface area (TPSA) is 71.8 Å². The maximum absolute atomic E-state index is 12.4. The number of ether oxygens (including phenoxy) is 1. The molecule has 1 N–H and O–H groups in total. The van der Waals surface area contributed by atoms with Gasteiger partial charge in [-0.15, -0.1) is 0 Å². The minimum absolute atomic E-state index is 0.0646. The van der Waals surface area contributed by atoms with Gasteiger partial charge in [-0.1, -0.05) is 12.1 Å². The second kappa shape index (κ2) is 10.2. The van der Waals surface area contributed by atoms with E-state index in [0.29, 0.717) is 25.3 Å². The van der Waals surface area contributed by atoms with E-state index in [1.54, 1.807) is 6.07 Å². The maximum atomic E-state index is 12.4. The molecular formula is C24H34N2O4. The number of nitrogens with zero attached hydrogens (tertiary/aromatic N) is 1. The highest BCUT2D eigenvalue weighted by Crippen LogP contribution is 2.26. The fraction of sp³-hybridized carbons (Fsp3) is 0.583. The third-order valence-electron chi connectivity index (χ3n) is 5.94. The number of amides is 1. The largest absolute Gasteiger partial charge is 0.422 e. The predicted molar refractivity (Wildman–Crippen MR) is 119 cm³/mol.